The molecule has 2 amide bonds. The van der Waals surface area contributed by atoms with Gasteiger partial charge in [-0.25, -0.2) is 4.98 Å². The second kappa shape index (κ2) is 7.88. The van der Waals surface area contributed by atoms with Crippen molar-refractivity contribution in [3.05, 3.63) is 64.2 Å². The van der Waals surface area contributed by atoms with Crippen molar-refractivity contribution in [3.8, 4) is 0 Å². The molecule has 5 nitrogen and oxygen atoms in total. The zero-order chi connectivity index (χ0) is 19.6. The fourth-order valence-corrected chi connectivity index (χ4v) is 4.00. The van der Waals surface area contributed by atoms with Crippen molar-refractivity contribution in [1.82, 2.24) is 15.2 Å². The number of carbonyl (C=O) groups excluding carboxylic acids is 2. The summed E-state index contributed by atoms with van der Waals surface area (Å²) < 4.78 is 1.10. The Balaban J connectivity index is 1.63. The highest BCUT2D eigenvalue weighted by molar-refractivity contribution is 7.18. The zero-order valence-electron chi connectivity index (χ0n) is 15.9. The Labute approximate surface area is 163 Å². The van der Waals surface area contributed by atoms with E-state index >= 15 is 0 Å². The Morgan fingerprint density at radius 1 is 1.15 bits per heavy atom. The van der Waals surface area contributed by atoms with E-state index in [1.54, 1.807) is 23.3 Å². The number of hydrogen-bond acceptors (Lipinski definition) is 4. The molecule has 1 heterocycles. The average molecular weight is 382 g/mol. The summed E-state index contributed by atoms with van der Waals surface area (Å²) in [5.74, 6) is -0.393. The number of thiazole rings is 1. The monoisotopic (exact) mass is 381 g/mol. The van der Waals surface area contributed by atoms with Crippen LogP contribution in [0.1, 0.15) is 39.5 Å². The topological polar surface area (TPSA) is 62.3 Å². The molecule has 2 aromatic carbocycles. The predicted molar refractivity (Wildman–Crippen MR) is 109 cm³/mol. The van der Waals surface area contributed by atoms with Crippen LogP contribution in [0, 0.1) is 13.8 Å². The lowest BCUT2D eigenvalue weighted by molar-refractivity contribution is -0.130. The lowest BCUT2D eigenvalue weighted by Crippen LogP contribution is -2.39. The number of carbonyl (C=O) groups is 2. The number of para-hydroxylation sites is 1. The first-order chi connectivity index (χ1) is 12.8. The van der Waals surface area contributed by atoms with E-state index in [0.717, 1.165) is 26.4 Å². The van der Waals surface area contributed by atoms with Gasteiger partial charge in [0.25, 0.3) is 5.91 Å². The van der Waals surface area contributed by atoms with Gasteiger partial charge in [-0.1, -0.05) is 29.3 Å². The Kier molecular flexibility index (Phi) is 5.56. The van der Waals surface area contributed by atoms with Crippen LogP contribution in [-0.4, -0.2) is 35.3 Å². The van der Waals surface area contributed by atoms with Gasteiger partial charge in [0, 0.05) is 12.6 Å². The molecule has 0 bridgehead atoms. The van der Waals surface area contributed by atoms with Gasteiger partial charge >= 0.3 is 0 Å². The van der Waals surface area contributed by atoms with Gasteiger partial charge in [-0.3, -0.25) is 9.59 Å². The number of amides is 2. The second-order valence-electron chi connectivity index (χ2n) is 6.76. The third kappa shape index (κ3) is 4.34. The van der Waals surface area contributed by atoms with Crippen molar-refractivity contribution >= 4 is 33.4 Å². The van der Waals surface area contributed by atoms with Crippen LogP contribution in [0.3, 0.4) is 0 Å². The van der Waals surface area contributed by atoms with Crippen LogP contribution in [0.2, 0.25) is 0 Å². The molecule has 140 valence electrons. The lowest BCUT2D eigenvalue weighted by Gasteiger charge is -2.23. The van der Waals surface area contributed by atoms with E-state index in [0.29, 0.717) is 5.56 Å². The van der Waals surface area contributed by atoms with Crippen LogP contribution >= 0.6 is 11.3 Å². The molecular weight excluding hydrogens is 358 g/mol. The van der Waals surface area contributed by atoms with Crippen molar-refractivity contribution in [3.63, 3.8) is 0 Å². The third-order valence-electron chi connectivity index (χ3n) is 4.53. The molecule has 6 heteroatoms. The molecule has 1 atom stereocenters. The van der Waals surface area contributed by atoms with Crippen molar-refractivity contribution in [2.24, 2.45) is 0 Å². The maximum Gasteiger partial charge on any atom is 0.251 e. The van der Waals surface area contributed by atoms with Crippen LogP contribution in [0.4, 0.5) is 0 Å². The largest absolute Gasteiger partial charge is 0.343 e. The molecular formula is C21H23N3O2S. The molecule has 0 fully saturated rings. The Bertz CT molecular complexity index is 943. The van der Waals surface area contributed by atoms with E-state index < -0.39 is 0 Å². The summed E-state index contributed by atoms with van der Waals surface area (Å²) in [6.45, 7) is 5.80. The zero-order valence-corrected chi connectivity index (χ0v) is 16.8. The molecule has 0 aliphatic rings. The Hall–Kier alpha value is -2.73. The number of hydrogen-bond donors (Lipinski definition) is 1. The molecule has 0 radical (unpaired) electrons. The van der Waals surface area contributed by atoms with Crippen molar-refractivity contribution < 1.29 is 9.59 Å². The fourth-order valence-electron chi connectivity index (χ4n) is 2.94. The standard InChI is InChI=1S/C21H23N3O2S/c1-13-9-14(2)11-16(10-13)20(26)22-12-19(25)24(4)15(3)21-23-17-7-5-6-8-18(17)27-21/h5-11,15H,12H2,1-4H3,(H,22,26). The van der Waals surface area contributed by atoms with Gasteiger partial charge in [0.15, 0.2) is 0 Å². The SMILES string of the molecule is Cc1cc(C)cc(C(=O)NCC(=O)N(C)C(C)c2nc3ccccc3s2)c1. The van der Waals surface area contributed by atoms with E-state index in [2.05, 4.69) is 10.3 Å². The van der Waals surface area contributed by atoms with Gasteiger partial charge in [0.05, 0.1) is 22.8 Å². The summed E-state index contributed by atoms with van der Waals surface area (Å²) in [4.78, 5) is 31.1. The van der Waals surface area contributed by atoms with Gasteiger partial charge in [0.1, 0.15) is 5.01 Å². The first kappa shape index (κ1) is 19.0. The van der Waals surface area contributed by atoms with Crippen molar-refractivity contribution in [2.45, 2.75) is 26.8 Å². The number of aryl methyl sites for hydroxylation is 2. The van der Waals surface area contributed by atoms with Crippen molar-refractivity contribution in [2.75, 3.05) is 13.6 Å². The van der Waals surface area contributed by atoms with Gasteiger partial charge in [-0.2, -0.15) is 0 Å². The number of nitrogens with one attached hydrogen (secondary N) is 1. The molecule has 0 saturated heterocycles. The number of nitrogens with zero attached hydrogens (tertiary/aromatic N) is 2. The molecule has 3 rings (SSSR count). The van der Waals surface area contributed by atoms with E-state index in [1.807, 2.05) is 63.2 Å². The lowest BCUT2D eigenvalue weighted by atomic mass is 10.1. The van der Waals surface area contributed by atoms with E-state index in [4.69, 9.17) is 0 Å². The summed E-state index contributed by atoms with van der Waals surface area (Å²) in [6.07, 6.45) is 0. The fraction of sp³-hybridized carbons (Fsp3) is 0.286. The van der Waals surface area contributed by atoms with Crippen LogP contribution < -0.4 is 5.32 Å². The quantitative estimate of drug-likeness (QED) is 0.730. The highest BCUT2D eigenvalue weighted by Crippen LogP contribution is 2.28. The minimum absolute atomic E-state index is 0.0441. The number of fused-ring (bicyclic) bond motifs is 1. The summed E-state index contributed by atoms with van der Waals surface area (Å²) in [7, 11) is 1.74. The minimum atomic E-state index is -0.240. The third-order valence-corrected chi connectivity index (χ3v) is 5.73. The maximum absolute atomic E-state index is 12.5. The van der Waals surface area contributed by atoms with Gasteiger partial charge in [-0.15, -0.1) is 11.3 Å². The number of aromatic nitrogens is 1. The number of rotatable bonds is 5. The maximum atomic E-state index is 12.5. The smallest absolute Gasteiger partial charge is 0.251 e. The van der Waals surface area contributed by atoms with Crippen LogP contribution in [0.5, 0.6) is 0 Å². The normalized spacial score (nSPS) is 12.0. The average Bonchev–Trinajstić information content (AvgIpc) is 3.08. The molecule has 1 unspecified atom stereocenters. The summed E-state index contributed by atoms with van der Waals surface area (Å²) in [6, 6.07) is 13.4. The molecule has 1 aromatic heterocycles. The van der Waals surface area contributed by atoms with Crippen LogP contribution in [0.15, 0.2) is 42.5 Å². The van der Waals surface area contributed by atoms with Gasteiger partial charge in [-0.05, 0) is 45.0 Å². The molecule has 0 aliphatic carbocycles. The molecule has 3 aromatic rings. The second-order valence-corrected chi connectivity index (χ2v) is 7.82. The highest BCUT2D eigenvalue weighted by atomic mass is 32.1. The molecule has 27 heavy (non-hydrogen) atoms. The Morgan fingerprint density at radius 2 is 1.81 bits per heavy atom. The van der Waals surface area contributed by atoms with E-state index in [1.165, 1.54) is 0 Å². The molecule has 0 saturated carbocycles. The molecule has 0 aliphatic heterocycles. The predicted octanol–water partition coefficient (Wildman–Crippen LogP) is 3.86. The summed E-state index contributed by atoms with van der Waals surface area (Å²) in [5.41, 5.74) is 3.55. The first-order valence-corrected chi connectivity index (χ1v) is 9.64. The van der Waals surface area contributed by atoms with E-state index in [-0.39, 0.29) is 24.4 Å². The van der Waals surface area contributed by atoms with Crippen LogP contribution in [0.25, 0.3) is 10.2 Å². The molecule has 0 spiro atoms. The first-order valence-electron chi connectivity index (χ1n) is 8.83. The highest BCUT2D eigenvalue weighted by Gasteiger charge is 2.21. The summed E-state index contributed by atoms with van der Waals surface area (Å²) in [5, 5.41) is 3.60. The molecule has 1 N–H and O–H groups in total. The van der Waals surface area contributed by atoms with E-state index in [9.17, 15) is 9.59 Å². The number of likely N-dealkylation sites (N-methyl/N-ethyl adjacent to an activating group) is 1. The van der Waals surface area contributed by atoms with Gasteiger partial charge < -0.3 is 10.2 Å². The van der Waals surface area contributed by atoms with Crippen LogP contribution in [-0.2, 0) is 4.79 Å². The van der Waals surface area contributed by atoms with Crippen molar-refractivity contribution in [1.29, 1.82) is 0 Å². The summed E-state index contributed by atoms with van der Waals surface area (Å²) >= 11 is 1.58. The minimum Gasteiger partial charge on any atom is -0.343 e. The number of benzene rings is 2. The Morgan fingerprint density at radius 3 is 2.48 bits per heavy atom. The van der Waals surface area contributed by atoms with Gasteiger partial charge in [0.2, 0.25) is 5.91 Å².